The molecule has 1 fully saturated rings. The molecule has 0 unspecified atom stereocenters. The van der Waals surface area contributed by atoms with E-state index in [9.17, 15) is 4.79 Å². The summed E-state index contributed by atoms with van der Waals surface area (Å²) in [6, 6.07) is 8.66. The van der Waals surface area contributed by atoms with Crippen LogP contribution in [0.15, 0.2) is 24.3 Å². The van der Waals surface area contributed by atoms with Crippen LogP contribution in [0.5, 0.6) is 0 Å². The predicted octanol–water partition coefficient (Wildman–Crippen LogP) is 2.70. The maximum atomic E-state index is 12.3. The van der Waals surface area contributed by atoms with Crippen LogP contribution >= 0.6 is 0 Å². The van der Waals surface area contributed by atoms with Crippen molar-refractivity contribution in [2.45, 2.75) is 38.6 Å². The normalized spacial score (nSPS) is 19.3. The number of hydrogen-bond donors (Lipinski definition) is 0. The van der Waals surface area contributed by atoms with Gasteiger partial charge in [-0.2, -0.15) is 0 Å². The second kappa shape index (κ2) is 6.09. The lowest BCUT2D eigenvalue weighted by atomic mass is 10.0. The molecule has 0 aromatic heterocycles. The summed E-state index contributed by atoms with van der Waals surface area (Å²) in [5.74, 6) is 0.268. The number of nitrogens with zero attached hydrogens (tertiary/aromatic N) is 2. The Balaban J connectivity index is 1.98. The monoisotopic (exact) mass is 260 g/mol. The van der Waals surface area contributed by atoms with E-state index in [1.165, 1.54) is 12.1 Å². The lowest BCUT2D eigenvalue weighted by Crippen LogP contribution is -2.42. The van der Waals surface area contributed by atoms with Gasteiger partial charge in [-0.3, -0.25) is 4.79 Å². The van der Waals surface area contributed by atoms with Crippen LogP contribution in [0.25, 0.3) is 0 Å². The first kappa shape index (κ1) is 13.9. The van der Waals surface area contributed by atoms with Crippen molar-refractivity contribution < 1.29 is 4.79 Å². The Morgan fingerprint density at radius 1 is 1.26 bits per heavy atom. The van der Waals surface area contributed by atoms with Crippen molar-refractivity contribution in [1.29, 1.82) is 0 Å². The minimum absolute atomic E-state index is 0.268. The molecule has 0 radical (unpaired) electrons. The third-order valence-electron chi connectivity index (χ3n) is 3.93. The SMILES string of the molecule is C[C@H]1CCCCN1C(=O)Cc1ccc(N(C)C)cc1. The van der Waals surface area contributed by atoms with E-state index in [2.05, 4.69) is 36.1 Å². The second-order valence-electron chi connectivity index (χ2n) is 5.67. The number of benzene rings is 1. The average Bonchev–Trinajstić information content (AvgIpc) is 2.39. The van der Waals surface area contributed by atoms with E-state index in [4.69, 9.17) is 0 Å². The van der Waals surface area contributed by atoms with Crippen molar-refractivity contribution >= 4 is 11.6 Å². The molecule has 1 atom stereocenters. The summed E-state index contributed by atoms with van der Waals surface area (Å²) in [6.45, 7) is 3.09. The first-order valence-corrected chi connectivity index (χ1v) is 7.13. The molecule has 1 saturated heterocycles. The largest absolute Gasteiger partial charge is 0.378 e. The van der Waals surface area contributed by atoms with Gasteiger partial charge in [0.05, 0.1) is 6.42 Å². The highest BCUT2D eigenvalue weighted by molar-refractivity contribution is 5.79. The topological polar surface area (TPSA) is 23.6 Å². The maximum Gasteiger partial charge on any atom is 0.227 e. The Morgan fingerprint density at radius 2 is 1.95 bits per heavy atom. The van der Waals surface area contributed by atoms with Gasteiger partial charge in [0.2, 0.25) is 5.91 Å². The number of carbonyl (C=O) groups is 1. The Hall–Kier alpha value is -1.51. The lowest BCUT2D eigenvalue weighted by molar-refractivity contribution is -0.133. The van der Waals surface area contributed by atoms with Crippen molar-refractivity contribution in [2.75, 3.05) is 25.5 Å². The number of piperidine rings is 1. The molecule has 0 saturated carbocycles. The van der Waals surface area contributed by atoms with Gasteiger partial charge in [0.15, 0.2) is 0 Å². The molecule has 104 valence electrons. The van der Waals surface area contributed by atoms with Crippen LogP contribution in [-0.4, -0.2) is 37.5 Å². The molecule has 2 rings (SSSR count). The summed E-state index contributed by atoms with van der Waals surface area (Å²) >= 11 is 0. The Labute approximate surface area is 116 Å². The molecule has 3 nitrogen and oxygen atoms in total. The van der Waals surface area contributed by atoms with Gasteiger partial charge >= 0.3 is 0 Å². The molecule has 1 aliphatic rings. The number of anilines is 1. The van der Waals surface area contributed by atoms with Gasteiger partial charge < -0.3 is 9.80 Å². The minimum Gasteiger partial charge on any atom is -0.378 e. The molecular formula is C16H24N2O. The summed E-state index contributed by atoms with van der Waals surface area (Å²) in [4.78, 5) is 16.4. The van der Waals surface area contributed by atoms with Crippen LogP contribution in [0.2, 0.25) is 0 Å². The van der Waals surface area contributed by atoms with Gasteiger partial charge in [-0.25, -0.2) is 0 Å². The van der Waals surface area contributed by atoms with E-state index >= 15 is 0 Å². The Bertz CT molecular complexity index is 425. The standard InChI is InChI=1S/C16H24N2O/c1-13-6-4-5-11-18(13)16(19)12-14-7-9-15(10-8-14)17(2)3/h7-10,13H,4-6,11-12H2,1-3H3/t13-/m0/s1. The summed E-state index contributed by atoms with van der Waals surface area (Å²) in [6.07, 6.45) is 4.07. The fourth-order valence-corrected chi connectivity index (χ4v) is 2.66. The van der Waals surface area contributed by atoms with E-state index < -0.39 is 0 Å². The van der Waals surface area contributed by atoms with E-state index in [1.54, 1.807) is 0 Å². The zero-order valence-electron chi connectivity index (χ0n) is 12.2. The summed E-state index contributed by atoms with van der Waals surface area (Å²) < 4.78 is 0. The number of likely N-dealkylation sites (tertiary alicyclic amines) is 1. The van der Waals surface area contributed by atoms with Gasteiger partial charge in [0, 0.05) is 32.4 Å². The van der Waals surface area contributed by atoms with Crippen molar-refractivity contribution in [3.8, 4) is 0 Å². The van der Waals surface area contributed by atoms with Crippen molar-refractivity contribution in [1.82, 2.24) is 4.90 Å². The molecule has 1 heterocycles. The second-order valence-corrected chi connectivity index (χ2v) is 5.67. The molecule has 19 heavy (non-hydrogen) atoms. The summed E-state index contributed by atoms with van der Waals surface area (Å²) in [5.41, 5.74) is 2.27. The third-order valence-corrected chi connectivity index (χ3v) is 3.93. The molecule has 0 N–H and O–H groups in total. The molecule has 0 spiro atoms. The number of rotatable bonds is 3. The number of carbonyl (C=O) groups excluding carboxylic acids is 1. The molecule has 0 aliphatic carbocycles. The van der Waals surface area contributed by atoms with Crippen LogP contribution in [-0.2, 0) is 11.2 Å². The Kier molecular flexibility index (Phi) is 4.46. The summed E-state index contributed by atoms with van der Waals surface area (Å²) in [5, 5.41) is 0. The van der Waals surface area contributed by atoms with Crippen molar-refractivity contribution in [2.24, 2.45) is 0 Å². The lowest BCUT2D eigenvalue weighted by Gasteiger charge is -2.33. The first-order chi connectivity index (χ1) is 9.08. The van der Waals surface area contributed by atoms with Gasteiger partial charge in [-0.1, -0.05) is 12.1 Å². The molecule has 3 heteroatoms. The van der Waals surface area contributed by atoms with E-state index in [1.807, 2.05) is 19.0 Å². The number of hydrogen-bond acceptors (Lipinski definition) is 2. The zero-order chi connectivity index (χ0) is 13.8. The van der Waals surface area contributed by atoms with Crippen LogP contribution in [0, 0.1) is 0 Å². The highest BCUT2D eigenvalue weighted by Gasteiger charge is 2.22. The predicted molar refractivity (Wildman–Crippen MR) is 79.5 cm³/mol. The van der Waals surface area contributed by atoms with Gasteiger partial charge in [-0.15, -0.1) is 0 Å². The fraction of sp³-hybridized carbons (Fsp3) is 0.562. The molecule has 1 amide bonds. The van der Waals surface area contributed by atoms with Crippen LogP contribution in [0.3, 0.4) is 0 Å². The first-order valence-electron chi connectivity index (χ1n) is 7.13. The Morgan fingerprint density at radius 3 is 2.53 bits per heavy atom. The zero-order valence-corrected chi connectivity index (χ0v) is 12.2. The maximum absolute atomic E-state index is 12.3. The molecule has 1 aromatic rings. The molecule has 0 bridgehead atoms. The van der Waals surface area contributed by atoms with Crippen molar-refractivity contribution in [3.05, 3.63) is 29.8 Å². The molecule has 1 aliphatic heterocycles. The van der Waals surface area contributed by atoms with Gasteiger partial charge in [0.1, 0.15) is 0 Å². The fourth-order valence-electron chi connectivity index (χ4n) is 2.66. The van der Waals surface area contributed by atoms with Gasteiger partial charge in [-0.05, 0) is 43.9 Å². The minimum atomic E-state index is 0.268. The van der Waals surface area contributed by atoms with Crippen LogP contribution in [0.4, 0.5) is 5.69 Å². The quantitative estimate of drug-likeness (QED) is 0.834. The van der Waals surface area contributed by atoms with Crippen LogP contribution in [0.1, 0.15) is 31.7 Å². The van der Waals surface area contributed by atoms with E-state index in [0.29, 0.717) is 12.5 Å². The highest BCUT2D eigenvalue weighted by Crippen LogP contribution is 2.18. The average molecular weight is 260 g/mol. The summed E-state index contributed by atoms with van der Waals surface area (Å²) in [7, 11) is 4.05. The van der Waals surface area contributed by atoms with E-state index in [0.717, 1.165) is 24.9 Å². The van der Waals surface area contributed by atoms with E-state index in [-0.39, 0.29) is 5.91 Å². The molecule has 1 aromatic carbocycles. The van der Waals surface area contributed by atoms with Gasteiger partial charge in [0.25, 0.3) is 0 Å². The van der Waals surface area contributed by atoms with Crippen LogP contribution < -0.4 is 4.90 Å². The smallest absolute Gasteiger partial charge is 0.227 e. The number of amides is 1. The molecular weight excluding hydrogens is 236 g/mol. The van der Waals surface area contributed by atoms with Crippen molar-refractivity contribution in [3.63, 3.8) is 0 Å². The highest BCUT2D eigenvalue weighted by atomic mass is 16.2. The third kappa shape index (κ3) is 3.49.